The van der Waals surface area contributed by atoms with Crippen LogP contribution in [0.25, 0.3) is 0 Å². The number of amides is 1. The SMILES string of the molecule is COc1ccc(C2CCC(CC(=O)Nc3ccc(C(C)(C)C)cc3)CC2)cc1. The van der Waals surface area contributed by atoms with E-state index in [0.717, 1.165) is 37.1 Å². The monoisotopic (exact) mass is 379 g/mol. The van der Waals surface area contributed by atoms with Crippen LogP contribution in [0, 0.1) is 5.92 Å². The predicted octanol–water partition coefficient (Wildman–Crippen LogP) is 6.30. The fourth-order valence-corrected chi connectivity index (χ4v) is 4.10. The van der Waals surface area contributed by atoms with Crippen molar-refractivity contribution < 1.29 is 9.53 Å². The van der Waals surface area contributed by atoms with Gasteiger partial charge in [-0.25, -0.2) is 0 Å². The highest BCUT2D eigenvalue weighted by Crippen LogP contribution is 2.37. The van der Waals surface area contributed by atoms with Gasteiger partial charge in [-0.05, 0) is 78.3 Å². The van der Waals surface area contributed by atoms with Gasteiger partial charge < -0.3 is 10.1 Å². The van der Waals surface area contributed by atoms with Crippen molar-refractivity contribution in [3.8, 4) is 5.75 Å². The first kappa shape index (κ1) is 20.4. The molecular formula is C25H33NO2. The summed E-state index contributed by atoms with van der Waals surface area (Å²) in [6.07, 6.45) is 5.17. The number of carbonyl (C=O) groups is 1. The molecule has 1 aliphatic carbocycles. The molecule has 0 aliphatic heterocycles. The topological polar surface area (TPSA) is 38.3 Å². The molecule has 0 spiro atoms. The first-order valence-electron chi connectivity index (χ1n) is 10.4. The smallest absolute Gasteiger partial charge is 0.224 e. The zero-order valence-corrected chi connectivity index (χ0v) is 17.6. The van der Waals surface area contributed by atoms with E-state index in [1.165, 1.54) is 11.1 Å². The summed E-state index contributed by atoms with van der Waals surface area (Å²) >= 11 is 0. The Balaban J connectivity index is 1.47. The standard InChI is InChI=1S/C25H33NO2/c1-25(2,3)21-11-13-22(14-12-21)26-24(27)17-18-5-7-19(8-6-18)20-9-15-23(28-4)16-10-20/h9-16,18-19H,5-8,17H2,1-4H3,(H,26,27). The second-order valence-electron chi connectivity index (χ2n) is 9.07. The first-order chi connectivity index (χ1) is 13.3. The van der Waals surface area contributed by atoms with Gasteiger partial charge in [-0.15, -0.1) is 0 Å². The van der Waals surface area contributed by atoms with Crippen molar-refractivity contribution in [3.63, 3.8) is 0 Å². The third-order valence-corrected chi connectivity index (χ3v) is 5.94. The van der Waals surface area contributed by atoms with E-state index in [1.807, 2.05) is 24.3 Å². The van der Waals surface area contributed by atoms with Crippen LogP contribution in [0.2, 0.25) is 0 Å². The molecule has 28 heavy (non-hydrogen) atoms. The normalized spacial score (nSPS) is 19.9. The fourth-order valence-electron chi connectivity index (χ4n) is 4.10. The molecule has 0 radical (unpaired) electrons. The van der Waals surface area contributed by atoms with E-state index in [2.05, 4.69) is 50.4 Å². The van der Waals surface area contributed by atoms with Crippen LogP contribution in [-0.4, -0.2) is 13.0 Å². The average Bonchev–Trinajstić information content (AvgIpc) is 2.68. The Hall–Kier alpha value is -2.29. The lowest BCUT2D eigenvalue weighted by atomic mass is 9.77. The highest BCUT2D eigenvalue weighted by Gasteiger charge is 2.24. The van der Waals surface area contributed by atoms with E-state index >= 15 is 0 Å². The molecule has 0 aromatic heterocycles. The Morgan fingerprint density at radius 1 is 0.964 bits per heavy atom. The van der Waals surface area contributed by atoms with Crippen LogP contribution in [0.4, 0.5) is 5.69 Å². The molecule has 0 bridgehead atoms. The number of methoxy groups -OCH3 is 1. The van der Waals surface area contributed by atoms with Crippen molar-refractivity contribution in [2.24, 2.45) is 5.92 Å². The molecule has 0 heterocycles. The van der Waals surface area contributed by atoms with Crippen molar-refractivity contribution in [2.45, 2.75) is 64.2 Å². The maximum Gasteiger partial charge on any atom is 0.224 e. The number of hydrogen-bond acceptors (Lipinski definition) is 2. The van der Waals surface area contributed by atoms with Gasteiger partial charge >= 0.3 is 0 Å². The molecule has 0 atom stereocenters. The van der Waals surface area contributed by atoms with Crippen molar-refractivity contribution in [3.05, 3.63) is 59.7 Å². The first-order valence-corrected chi connectivity index (χ1v) is 10.4. The molecule has 2 aromatic carbocycles. The largest absolute Gasteiger partial charge is 0.497 e. The molecule has 1 fully saturated rings. The van der Waals surface area contributed by atoms with Crippen LogP contribution in [0.3, 0.4) is 0 Å². The van der Waals surface area contributed by atoms with Crippen molar-refractivity contribution >= 4 is 11.6 Å². The summed E-state index contributed by atoms with van der Waals surface area (Å²) in [5.74, 6) is 2.14. The van der Waals surface area contributed by atoms with Gasteiger partial charge in [0, 0.05) is 12.1 Å². The Labute approximate surface area is 169 Å². The molecule has 3 rings (SSSR count). The minimum atomic E-state index is 0.130. The number of anilines is 1. The van der Waals surface area contributed by atoms with Gasteiger partial charge in [-0.3, -0.25) is 4.79 Å². The Morgan fingerprint density at radius 2 is 1.57 bits per heavy atom. The molecule has 1 aliphatic rings. The molecule has 3 nitrogen and oxygen atoms in total. The lowest BCUT2D eigenvalue weighted by Crippen LogP contribution is -2.20. The molecule has 2 aromatic rings. The molecule has 150 valence electrons. The van der Waals surface area contributed by atoms with Gasteiger partial charge in [0.15, 0.2) is 0 Å². The maximum absolute atomic E-state index is 12.5. The van der Waals surface area contributed by atoms with E-state index in [1.54, 1.807) is 7.11 Å². The molecule has 1 amide bonds. The summed E-state index contributed by atoms with van der Waals surface area (Å²) < 4.78 is 5.24. The van der Waals surface area contributed by atoms with Gasteiger partial charge in [0.05, 0.1) is 7.11 Å². The van der Waals surface area contributed by atoms with Crippen molar-refractivity contribution in [1.29, 1.82) is 0 Å². The second kappa shape index (κ2) is 8.81. The highest BCUT2D eigenvalue weighted by atomic mass is 16.5. The fraction of sp³-hybridized carbons (Fsp3) is 0.480. The third-order valence-electron chi connectivity index (χ3n) is 5.94. The number of benzene rings is 2. The summed E-state index contributed by atoms with van der Waals surface area (Å²) in [6.45, 7) is 6.59. The molecule has 1 N–H and O–H groups in total. The molecule has 3 heteroatoms. The van der Waals surface area contributed by atoms with Crippen LogP contribution in [0.1, 0.15) is 69.9 Å². The zero-order chi connectivity index (χ0) is 20.1. The van der Waals surface area contributed by atoms with E-state index in [9.17, 15) is 4.79 Å². The number of carbonyl (C=O) groups excluding carboxylic acids is 1. The zero-order valence-electron chi connectivity index (χ0n) is 17.6. The number of hydrogen-bond donors (Lipinski definition) is 1. The predicted molar refractivity (Wildman–Crippen MR) is 116 cm³/mol. The van der Waals surface area contributed by atoms with Crippen LogP contribution < -0.4 is 10.1 Å². The summed E-state index contributed by atoms with van der Waals surface area (Å²) in [5, 5.41) is 3.07. The van der Waals surface area contributed by atoms with E-state index in [-0.39, 0.29) is 11.3 Å². The number of ether oxygens (including phenoxy) is 1. The molecule has 0 saturated heterocycles. The lowest BCUT2D eigenvalue weighted by Gasteiger charge is -2.28. The maximum atomic E-state index is 12.5. The molecular weight excluding hydrogens is 346 g/mol. The van der Waals surface area contributed by atoms with Crippen LogP contribution >= 0.6 is 0 Å². The van der Waals surface area contributed by atoms with Crippen LogP contribution in [-0.2, 0) is 10.2 Å². The van der Waals surface area contributed by atoms with Gasteiger partial charge in [0.25, 0.3) is 0 Å². The van der Waals surface area contributed by atoms with Gasteiger partial charge in [-0.2, -0.15) is 0 Å². The van der Waals surface area contributed by atoms with Crippen molar-refractivity contribution in [1.82, 2.24) is 0 Å². The quantitative estimate of drug-likeness (QED) is 0.662. The molecule has 0 unspecified atom stereocenters. The number of rotatable bonds is 5. The van der Waals surface area contributed by atoms with Crippen molar-refractivity contribution in [2.75, 3.05) is 12.4 Å². The summed E-state index contributed by atoms with van der Waals surface area (Å²) in [6, 6.07) is 16.7. The van der Waals surface area contributed by atoms with Gasteiger partial charge in [0.2, 0.25) is 5.91 Å². The van der Waals surface area contributed by atoms with Gasteiger partial charge in [0.1, 0.15) is 5.75 Å². The third kappa shape index (κ3) is 5.37. The summed E-state index contributed by atoms with van der Waals surface area (Å²) in [7, 11) is 1.70. The minimum Gasteiger partial charge on any atom is -0.497 e. The highest BCUT2D eigenvalue weighted by molar-refractivity contribution is 5.90. The lowest BCUT2D eigenvalue weighted by molar-refractivity contribution is -0.117. The summed E-state index contributed by atoms with van der Waals surface area (Å²) in [4.78, 5) is 12.5. The Kier molecular flexibility index (Phi) is 6.43. The van der Waals surface area contributed by atoms with E-state index in [0.29, 0.717) is 18.3 Å². The Bertz CT molecular complexity index is 764. The molecule has 1 saturated carbocycles. The van der Waals surface area contributed by atoms with Crippen LogP contribution in [0.5, 0.6) is 5.75 Å². The minimum absolute atomic E-state index is 0.130. The average molecular weight is 380 g/mol. The van der Waals surface area contributed by atoms with Gasteiger partial charge in [-0.1, -0.05) is 45.0 Å². The van der Waals surface area contributed by atoms with E-state index in [4.69, 9.17) is 4.74 Å². The number of nitrogens with one attached hydrogen (secondary N) is 1. The summed E-state index contributed by atoms with van der Waals surface area (Å²) in [5.41, 5.74) is 3.69. The van der Waals surface area contributed by atoms with Crippen LogP contribution in [0.15, 0.2) is 48.5 Å². The van der Waals surface area contributed by atoms with E-state index < -0.39 is 0 Å². The Morgan fingerprint density at radius 3 is 2.11 bits per heavy atom. The second-order valence-corrected chi connectivity index (χ2v) is 9.07.